The quantitative estimate of drug-likeness (QED) is 0.411. The zero-order chi connectivity index (χ0) is 27.8. The molecule has 3 heterocycles. The Morgan fingerprint density at radius 1 is 1.23 bits per heavy atom. The molecule has 4 rings (SSSR count). The number of aromatic nitrogens is 2. The van der Waals surface area contributed by atoms with Gasteiger partial charge in [-0.1, -0.05) is 6.07 Å². The van der Waals surface area contributed by atoms with Crippen molar-refractivity contribution in [1.29, 1.82) is 5.26 Å². The van der Waals surface area contributed by atoms with Gasteiger partial charge in [0.15, 0.2) is 0 Å². The van der Waals surface area contributed by atoms with E-state index in [4.69, 9.17) is 10.00 Å². The van der Waals surface area contributed by atoms with Crippen molar-refractivity contribution < 1.29 is 9.53 Å². The number of likely N-dealkylation sites (tertiary alicyclic amines) is 1. The third kappa shape index (κ3) is 7.12. The van der Waals surface area contributed by atoms with Gasteiger partial charge in [-0.3, -0.25) is 9.78 Å². The van der Waals surface area contributed by atoms with Crippen LogP contribution in [0.15, 0.2) is 54.9 Å². The second kappa shape index (κ2) is 13.2. The molecule has 8 nitrogen and oxygen atoms in total. The van der Waals surface area contributed by atoms with Crippen LogP contribution in [0.4, 0.5) is 5.69 Å². The molecule has 3 aromatic rings. The molecule has 8 heteroatoms. The van der Waals surface area contributed by atoms with E-state index in [0.29, 0.717) is 35.6 Å². The third-order valence-corrected chi connectivity index (χ3v) is 7.63. The number of rotatable bonds is 10. The Kier molecular flexibility index (Phi) is 9.50. The van der Waals surface area contributed by atoms with E-state index in [1.807, 2.05) is 43.6 Å². The normalized spacial score (nSPS) is 14.8. The van der Waals surface area contributed by atoms with E-state index in [1.165, 1.54) is 11.3 Å². The monoisotopic (exact) mass is 526 g/mol. The van der Waals surface area contributed by atoms with Crippen molar-refractivity contribution in [3.63, 3.8) is 0 Å². The van der Waals surface area contributed by atoms with Crippen molar-refractivity contribution in [1.82, 2.24) is 20.2 Å². The fourth-order valence-electron chi connectivity index (χ4n) is 5.43. The Morgan fingerprint density at radius 2 is 1.97 bits per heavy atom. The van der Waals surface area contributed by atoms with Crippen LogP contribution in [-0.4, -0.2) is 59.6 Å². The maximum atomic E-state index is 12.8. The highest BCUT2D eigenvalue weighted by molar-refractivity contribution is 5.96. The number of nitriles is 1. The van der Waals surface area contributed by atoms with Crippen molar-refractivity contribution in [2.45, 2.75) is 58.7 Å². The number of carbonyl (C=O) groups excluding carboxylic acids is 1. The van der Waals surface area contributed by atoms with Crippen LogP contribution in [0.25, 0.3) is 0 Å². The summed E-state index contributed by atoms with van der Waals surface area (Å²) in [7, 11) is 1.69. The van der Waals surface area contributed by atoms with Gasteiger partial charge in [-0.2, -0.15) is 5.26 Å². The number of methoxy groups -OCH3 is 1. The number of benzene rings is 1. The maximum absolute atomic E-state index is 12.8. The lowest BCUT2D eigenvalue weighted by Gasteiger charge is -2.42. The summed E-state index contributed by atoms with van der Waals surface area (Å²) < 4.78 is 5.37. The van der Waals surface area contributed by atoms with Crippen molar-refractivity contribution >= 4 is 11.6 Å². The zero-order valence-corrected chi connectivity index (χ0v) is 23.4. The van der Waals surface area contributed by atoms with Gasteiger partial charge in [-0.15, -0.1) is 0 Å². The van der Waals surface area contributed by atoms with Crippen LogP contribution in [0.1, 0.15) is 59.1 Å². The predicted molar refractivity (Wildman–Crippen MR) is 153 cm³/mol. The van der Waals surface area contributed by atoms with Crippen molar-refractivity contribution in [3.05, 3.63) is 82.9 Å². The molecule has 1 aliphatic rings. The van der Waals surface area contributed by atoms with Gasteiger partial charge in [-0.05, 0) is 87.6 Å². The molecule has 0 radical (unpaired) electrons. The molecule has 1 aliphatic heterocycles. The van der Waals surface area contributed by atoms with Crippen LogP contribution in [0.5, 0.6) is 5.75 Å². The molecule has 0 unspecified atom stereocenters. The van der Waals surface area contributed by atoms with Crippen LogP contribution >= 0.6 is 0 Å². The number of piperidine rings is 1. The van der Waals surface area contributed by atoms with Gasteiger partial charge in [0, 0.05) is 56.3 Å². The molecular formula is C31H38N6O2. The highest BCUT2D eigenvalue weighted by Gasteiger charge is 2.27. The average molecular weight is 527 g/mol. The SMILES string of the molecule is COc1ccc(N(Cc2cccnc2)C2CCN([C@H](C)CCNC(=O)c3c(C)cc(C#N)nc3C)CC2)cc1. The van der Waals surface area contributed by atoms with Crippen LogP contribution < -0.4 is 15.0 Å². The molecule has 204 valence electrons. The summed E-state index contributed by atoms with van der Waals surface area (Å²) in [6.07, 6.45) is 6.76. The number of pyridine rings is 2. The summed E-state index contributed by atoms with van der Waals surface area (Å²) in [5, 5.41) is 12.2. The van der Waals surface area contributed by atoms with Crippen LogP contribution in [0, 0.1) is 25.2 Å². The minimum Gasteiger partial charge on any atom is -0.497 e. The van der Waals surface area contributed by atoms with Crippen LogP contribution in [0.3, 0.4) is 0 Å². The third-order valence-electron chi connectivity index (χ3n) is 7.63. The van der Waals surface area contributed by atoms with E-state index >= 15 is 0 Å². The summed E-state index contributed by atoms with van der Waals surface area (Å²) in [6.45, 7) is 9.30. The Hall–Kier alpha value is -3.96. The van der Waals surface area contributed by atoms with E-state index < -0.39 is 0 Å². The van der Waals surface area contributed by atoms with Crippen LogP contribution in [-0.2, 0) is 6.54 Å². The van der Waals surface area contributed by atoms with Gasteiger partial charge in [0.2, 0.25) is 0 Å². The Morgan fingerprint density at radius 3 is 2.59 bits per heavy atom. The van der Waals surface area contributed by atoms with E-state index in [9.17, 15) is 4.79 Å². The lowest BCUT2D eigenvalue weighted by Crippen LogP contribution is -2.48. The summed E-state index contributed by atoms with van der Waals surface area (Å²) >= 11 is 0. The maximum Gasteiger partial charge on any atom is 0.253 e. The van der Waals surface area contributed by atoms with E-state index in [-0.39, 0.29) is 5.91 Å². The number of hydrogen-bond acceptors (Lipinski definition) is 7. The molecule has 1 amide bonds. The number of anilines is 1. The largest absolute Gasteiger partial charge is 0.497 e. The first-order valence-corrected chi connectivity index (χ1v) is 13.6. The van der Waals surface area contributed by atoms with Crippen LogP contribution in [0.2, 0.25) is 0 Å². The second-order valence-electron chi connectivity index (χ2n) is 10.2. The lowest BCUT2D eigenvalue weighted by atomic mass is 9.99. The first kappa shape index (κ1) is 28.1. The van der Waals surface area contributed by atoms with Gasteiger partial charge < -0.3 is 19.9 Å². The zero-order valence-electron chi connectivity index (χ0n) is 23.4. The van der Waals surface area contributed by atoms with Gasteiger partial charge in [-0.25, -0.2) is 4.98 Å². The Bertz CT molecular complexity index is 1260. The molecule has 1 aromatic carbocycles. The second-order valence-corrected chi connectivity index (χ2v) is 10.2. The number of aryl methyl sites for hydroxylation is 2. The minimum atomic E-state index is -0.126. The smallest absolute Gasteiger partial charge is 0.253 e. The van der Waals surface area contributed by atoms with Gasteiger partial charge in [0.05, 0.1) is 18.4 Å². The summed E-state index contributed by atoms with van der Waals surface area (Å²) in [4.78, 5) is 26.4. The Balaban J connectivity index is 1.32. The molecule has 0 spiro atoms. The molecule has 0 bridgehead atoms. The summed E-state index contributed by atoms with van der Waals surface area (Å²) in [5.74, 6) is 0.731. The van der Waals surface area contributed by atoms with Crippen molar-refractivity contribution in [2.75, 3.05) is 31.6 Å². The lowest BCUT2D eigenvalue weighted by molar-refractivity contribution is 0.0943. The summed E-state index contributed by atoms with van der Waals surface area (Å²) in [5.41, 5.74) is 4.66. The predicted octanol–water partition coefficient (Wildman–Crippen LogP) is 4.65. The topological polar surface area (TPSA) is 94.4 Å². The highest BCUT2D eigenvalue weighted by Crippen LogP contribution is 2.28. The number of hydrogen-bond donors (Lipinski definition) is 1. The molecule has 1 fully saturated rings. The number of nitrogens with one attached hydrogen (secondary N) is 1. The minimum absolute atomic E-state index is 0.126. The van der Waals surface area contributed by atoms with Gasteiger partial charge >= 0.3 is 0 Å². The van der Waals surface area contributed by atoms with E-state index in [1.54, 1.807) is 20.1 Å². The molecule has 1 atom stereocenters. The molecule has 1 saturated heterocycles. The molecular weight excluding hydrogens is 488 g/mol. The first-order chi connectivity index (χ1) is 18.9. The number of ether oxygens (including phenoxy) is 1. The molecule has 2 aromatic heterocycles. The number of nitrogens with zero attached hydrogens (tertiary/aromatic N) is 5. The van der Waals surface area contributed by atoms with E-state index in [2.05, 4.69) is 50.2 Å². The van der Waals surface area contributed by atoms with Gasteiger partial charge in [0.1, 0.15) is 17.5 Å². The highest BCUT2D eigenvalue weighted by atomic mass is 16.5. The van der Waals surface area contributed by atoms with Gasteiger partial charge in [0.25, 0.3) is 5.91 Å². The first-order valence-electron chi connectivity index (χ1n) is 13.6. The van der Waals surface area contributed by atoms with E-state index in [0.717, 1.165) is 50.2 Å². The molecule has 1 N–H and O–H groups in total. The fraction of sp³-hybridized carbons (Fsp3) is 0.419. The summed E-state index contributed by atoms with van der Waals surface area (Å²) in [6, 6.07) is 16.9. The van der Waals surface area contributed by atoms with Crippen molar-refractivity contribution in [3.8, 4) is 11.8 Å². The molecule has 39 heavy (non-hydrogen) atoms. The molecule has 0 saturated carbocycles. The fourth-order valence-corrected chi connectivity index (χ4v) is 5.43. The van der Waals surface area contributed by atoms with Crippen molar-refractivity contribution in [2.24, 2.45) is 0 Å². The standard InChI is InChI=1S/C31H38N6O2/c1-22-18-26(19-32)35-24(3)30(22)31(38)34-15-11-23(2)36-16-12-28(13-17-36)37(21-25-6-5-14-33-20-25)27-7-9-29(39-4)10-8-27/h5-10,14,18,20,23,28H,11-13,15-17,21H2,1-4H3,(H,34,38)/t23-/m1/s1. The molecule has 0 aliphatic carbocycles. The Labute approximate surface area is 231 Å². The average Bonchev–Trinajstić information content (AvgIpc) is 2.96. The number of carbonyl (C=O) groups is 1. The number of amides is 1.